The lowest BCUT2D eigenvalue weighted by molar-refractivity contribution is 0.0625. The number of hydrogen-bond donors (Lipinski definition) is 1. The van der Waals surface area contributed by atoms with Gasteiger partial charge in [0.1, 0.15) is 0 Å². The molecule has 4 nitrogen and oxygen atoms in total. The normalized spacial score (nSPS) is 24.4. The highest BCUT2D eigenvalue weighted by molar-refractivity contribution is 9.11. The van der Waals surface area contributed by atoms with E-state index < -0.39 is 0 Å². The van der Waals surface area contributed by atoms with Crippen LogP contribution < -0.4 is 0 Å². The monoisotopic (exact) mass is 300 g/mol. The summed E-state index contributed by atoms with van der Waals surface area (Å²) in [6.07, 6.45) is 1.27. The van der Waals surface area contributed by atoms with Crippen LogP contribution in [0.15, 0.2) is 20.4 Å². The maximum atomic E-state index is 9.21. The number of aliphatic hydroxyl groups excluding tert-OH is 1. The Morgan fingerprint density at radius 3 is 2.88 bits per heavy atom. The van der Waals surface area contributed by atoms with E-state index in [0.717, 1.165) is 21.5 Å². The number of hydrogen-bond acceptors (Lipinski definition) is 5. The molecule has 1 aliphatic rings. The molecular formula is C10H9BrN2O2S. The Morgan fingerprint density at radius 1 is 1.44 bits per heavy atom. The minimum atomic E-state index is -0.198. The summed E-state index contributed by atoms with van der Waals surface area (Å²) in [5, 5.41) is 13.2. The molecule has 0 aromatic carbocycles. The Bertz CT molecular complexity index is 504. The van der Waals surface area contributed by atoms with Crippen LogP contribution in [0.25, 0.3) is 10.7 Å². The Hall–Kier alpha value is -0.720. The molecule has 1 N–H and O–H groups in total. The first-order chi connectivity index (χ1) is 7.72. The fourth-order valence-corrected chi connectivity index (χ4v) is 3.04. The summed E-state index contributed by atoms with van der Waals surface area (Å²) in [6.45, 7) is 0. The second-order valence-electron chi connectivity index (χ2n) is 3.88. The van der Waals surface area contributed by atoms with E-state index in [-0.39, 0.29) is 12.0 Å². The van der Waals surface area contributed by atoms with Crippen molar-refractivity contribution in [1.29, 1.82) is 0 Å². The van der Waals surface area contributed by atoms with Crippen LogP contribution in [0.1, 0.15) is 24.7 Å². The Labute approximate surface area is 104 Å². The van der Waals surface area contributed by atoms with Gasteiger partial charge < -0.3 is 9.63 Å². The Kier molecular flexibility index (Phi) is 2.57. The SMILES string of the molecule is OC1CC(c2nc(-c3ccc(Br)s3)no2)C1. The molecule has 0 spiro atoms. The van der Waals surface area contributed by atoms with Crippen molar-refractivity contribution in [2.45, 2.75) is 24.9 Å². The highest BCUT2D eigenvalue weighted by Gasteiger charge is 2.33. The zero-order valence-corrected chi connectivity index (χ0v) is 10.7. The van der Waals surface area contributed by atoms with E-state index in [9.17, 15) is 5.11 Å². The van der Waals surface area contributed by atoms with E-state index in [1.165, 1.54) is 0 Å². The first-order valence-corrected chi connectivity index (χ1v) is 6.60. The third kappa shape index (κ3) is 1.81. The molecular weight excluding hydrogens is 292 g/mol. The van der Waals surface area contributed by atoms with E-state index in [1.54, 1.807) is 11.3 Å². The molecule has 6 heteroatoms. The van der Waals surface area contributed by atoms with Gasteiger partial charge >= 0.3 is 0 Å². The summed E-state index contributed by atoms with van der Waals surface area (Å²) in [7, 11) is 0. The quantitative estimate of drug-likeness (QED) is 0.926. The van der Waals surface area contributed by atoms with Crippen molar-refractivity contribution in [3.05, 3.63) is 21.8 Å². The van der Waals surface area contributed by atoms with Gasteiger partial charge in [-0.1, -0.05) is 5.16 Å². The van der Waals surface area contributed by atoms with Crippen molar-refractivity contribution in [2.24, 2.45) is 0 Å². The summed E-state index contributed by atoms with van der Waals surface area (Å²) in [5.74, 6) is 1.51. The second kappa shape index (κ2) is 3.94. The van der Waals surface area contributed by atoms with Crippen molar-refractivity contribution in [3.63, 3.8) is 0 Å². The minimum absolute atomic E-state index is 0.198. The fourth-order valence-electron chi connectivity index (χ4n) is 1.73. The molecule has 0 unspecified atom stereocenters. The van der Waals surface area contributed by atoms with Crippen molar-refractivity contribution in [3.8, 4) is 10.7 Å². The maximum Gasteiger partial charge on any atom is 0.230 e. The molecule has 1 aliphatic carbocycles. The van der Waals surface area contributed by atoms with Crippen LogP contribution in [0.2, 0.25) is 0 Å². The molecule has 0 amide bonds. The van der Waals surface area contributed by atoms with Gasteiger partial charge in [0.25, 0.3) is 0 Å². The van der Waals surface area contributed by atoms with Crippen molar-refractivity contribution >= 4 is 27.3 Å². The molecule has 2 aromatic heterocycles. The minimum Gasteiger partial charge on any atom is -0.393 e. The smallest absolute Gasteiger partial charge is 0.230 e. The van der Waals surface area contributed by atoms with Crippen molar-refractivity contribution < 1.29 is 9.63 Å². The standard InChI is InChI=1S/C10H9BrN2O2S/c11-8-2-1-7(16-8)9-12-10(15-13-9)5-3-6(14)4-5/h1-2,5-6,14H,3-4H2. The van der Waals surface area contributed by atoms with E-state index in [1.807, 2.05) is 12.1 Å². The summed E-state index contributed by atoms with van der Waals surface area (Å²) in [4.78, 5) is 5.34. The van der Waals surface area contributed by atoms with Gasteiger partial charge in [-0.15, -0.1) is 11.3 Å². The molecule has 0 saturated heterocycles. The molecule has 1 fully saturated rings. The number of aromatic nitrogens is 2. The highest BCUT2D eigenvalue weighted by atomic mass is 79.9. The molecule has 2 aromatic rings. The number of nitrogens with zero attached hydrogens (tertiary/aromatic N) is 2. The first-order valence-electron chi connectivity index (χ1n) is 5.00. The Morgan fingerprint density at radius 2 is 2.25 bits per heavy atom. The van der Waals surface area contributed by atoms with Crippen LogP contribution in [0.5, 0.6) is 0 Å². The average Bonchev–Trinajstić information content (AvgIpc) is 2.81. The predicted molar refractivity (Wildman–Crippen MR) is 63.3 cm³/mol. The molecule has 2 heterocycles. The highest BCUT2D eigenvalue weighted by Crippen LogP contribution is 2.37. The number of thiophene rings is 1. The molecule has 84 valence electrons. The van der Waals surface area contributed by atoms with Gasteiger partial charge in [0.15, 0.2) is 0 Å². The molecule has 1 saturated carbocycles. The van der Waals surface area contributed by atoms with Crippen molar-refractivity contribution in [2.75, 3.05) is 0 Å². The van der Waals surface area contributed by atoms with E-state index in [4.69, 9.17) is 4.52 Å². The van der Waals surface area contributed by atoms with Crippen LogP contribution >= 0.6 is 27.3 Å². The van der Waals surface area contributed by atoms with E-state index >= 15 is 0 Å². The van der Waals surface area contributed by atoms with Gasteiger partial charge in [-0.25, -0.2) is 0 Å². The first kappa shape index (κ1) is 10.4. The van der Waals surface area contributed by atoms with Gasteiger partial charge in [0.2, 0.25) is 11.7 Å². The van der Waals surface area contributed by atoms with Crippen LogP contribution in [-0.2, 0) is 0 Å². The van der Waals surface area contributed by atoms with Crippen LogP contribution in [-0.4, -0.2) is 21.4 Å². The zero-order chi connectivity index (χ0) is 11.1. The van der Waals surface area contributed by atoms with Gasteiger partial charge in [0, 0.05) is 5.92 Å². The van der Waals surface area contributed by atoms with Crippen LogP contribution in [0.4, 0.5) is 0 Å². The van der Waals surface area contributed by atoms with Gasteiger partial charge in [-0.2, -0.15) is 4.98 Å². The van der Waals surface area contributed by atoms with Crippen molar-refractivity contribution in [1.82, 2.24) is 10.1 Å². The third-order valence-electron chi connectivity index (χ3n) is 2.70. The summed E-state index contributed by atoms with van der Waals surface area (Å²) < 4.78 is 6.25. The summed E-state index contributed by atoms with van der Waals surface area (Å²) >= 11 is 4.97. The van der Waals surface area contributed by atoms with Crippen LogP contribution in [0, 0.1) is 0 Å². The molecule has 0 bridgehead atoms. The number of halogens is 1. The number of rotatable bonds is 2. The molecule has 0 aliphatic heterocycles. The zero-order valence-electron chi connectivity index (χ0n) is 8.26. The lowest BCUT2D eigenvalue weighted by atomic mass is 9.82. The molecule has 16 heavy (non-hydrogen) atoms. The average molecular weight is 301 g/mol. The summed E-state index contributed by atoms with van der Waals surface area (Å²) in [6, 6.07) is 3.92. The topological polar surface area (TPSA) is 59.2 Å². The lowest BCUT2D eigenvalue weighted by Crippen LogP contribution is -2.26. The van der Waals surface area contributed by atoms with E-state index in [0.29, 0.717) is 11.7 Å². The lowest BCUT2D eigenvalue weighted by Gasteiger charge is -2.27. The molecule has 3 rings (SSSR count). The number of aliphatic hydroxyl groups is 1. The molecule has 0 atom stereocenters. The van der Waals surface area contributed by atoms with Crippen LogP contribution in [0.3, 0.4) is 0 Å². The second-order valence-corrected chi connectivity index (χ2v) is 6.35. The molecule has 0 radical (unpaired) electrons. The maximum absolute atomic E-state index is 9.21. The van der Waals surface area contributed by atoms with Gasteiger partial charge in [-0.05, 0) is 40.9 Å². The summed E-state index contributed by atoms with van der Waals surface area (Å²) in [5.41, 5.74) is 0. The van der Waals surface area contributed by atoms with Gasteiger partial charge in [-0.3, -0.25) is 0 Å². The largest absolute Gasteiger partial charge is 0.393 e. The fraction of sp³-hybridized carbons (Fsp3) is 0.400. The third-order valence-corrected chi connectivity index (χ3v) is 4.32. The Balaban J connectivity index is 1.82. The van der Waals surface area contributed by atoms with Gasteiger partial charge in [0.05, 0.1) is 14.8 Å². The predicted octanol–water partition coefficient (Wildman–Crippen LogP) is 2.80. The van der Waals surface area contributed by atoms with E-state index in [2.05, 4.69) is 26.1 Å².